The predicted molar refractivity (Wildman–Crippen MR) is 85.5 cm³/mol. The van der Waals surface area contributed by atoms with Gasteiger partial charge in [0.15, 0.2) is 0 Å². The number of hydrogen-bond acceptors (Lipinski definition) is 2. The molecule has 1 fully saturated rings. The summed E-state index contributed by atoms with van der Waals surface area (Å²) in [5.41, 5.74) is 1.03. The maximum atomic E-state index is 13.8. The first kappa shape index (κ1) is 15.0. The number of carbonyl (C=O) groups excluding carboxylic acids is 1. The van der Waals surface area contributed by atoms with Crippen molar-refractivity contribution in [2.45, 2.75) is 25.8 Å². The van der Waals surface area contributed by atoms with Gasteiger partial charge >= 0.3 is 6.03 Å². The fourth-order valence-corrected chi connectivity index (χ4v) is 3.20. The SMILES string of the molecule is Cc1cccc(F)c1NC(=O)N1CCC(N2CC=CC2)CC1. The molecule has 0 aliphatic carbocycles. The van der Waals surface area contributed by atoms with E-state index in [1.54, 1.807) is 24.0 Å². The van der Waals surface area contributed by atoms with Gasteiger partial charge in [-0.1, -0.05) is 24.3 Å². The molecule has 0 bridgehead atoms. The largest absolute Gasteiger partial charge is 0.324 e. The van der Waals surface area contributed by atoms with Crippen molar-refractivity contribution in [1.82, 2.24) is 9.80 Å². The molecule has 0 saturated carbocycles. The van der Waals surface area contributed by atoms with Gasteiger partial charge < -0.3 is 10.2 Å². The summed E-state index contributed by atoms with van der Waals surface area (Å²) < 4.78 is 13.8. The Hall–Kier alpha value is -1.88. The third-order valence-corrected chi connectivity index (χ3v) is 4.57. The number of para-hydroxylation sites is 1. The van der Waals surface area contributed by atoms with E-state index in [1.807, 2.05) is 0 Å². The molecule has 0 spiro atoms. The van der Waals surface area contributed by atoms with E-state index in [0.29, 0.717) is 11.7 Å². The highest BCUT2D eigenvalue weighted by molar-refractivity contribution is 5.90. The highest BCUT2D eigenvalue weighted by atomic mass is 19.1. The van der Waals surface area contributed by atoms with Gasteiger partial charge in [0.05, 0.1) is 5.69 Å². The van der Waals surface area contributed by atoms with Crippen LogP contribution in [0.1, 0.15) is 18.4 Å². The minimum absolute atomic E-state index is 0.203. The summed E-state index contributed by atoms with van der Waals surface area (Å²) in [4.78, 5) is 16.5. The average Bonchev–Trinajstić information content (AvgIpc) is 3.05. The molecule has 1 aromatic rings. The molecule has 0 atom stereocenters. The van der Waals surface area contributed by atoms with Crippen LogP contribution in [0.15, 0.2) is 30.4 Å². The summed E-state index contributed by atoms with van der Waals surface area (Å²) in [6.07, 6.45) is 6.34. The first-order valence-corrected chi connectivity index (χ1v) is 7.85. The van der Waals surface area contributed by atoms with Gasteiger partial charge in [-0.15, -0.1) is 0 Å². The van der Waals surface area contributed by atoms with Crippen LogP contribution < -0.4 is 5.32 Å². The van der Waals surface area contributed by atoms with Crippen molar-refractivity contribution < 1.29 is 9.18 Å². The fourth-order valence-electron chi connectivity index (χ4n) is 3.20. The van der Waals surface area contributed by atoms with Crippen molar-refractivity contribution >= 4 is 11.7 Å². The molecule has 22 heavy (non-hydrogen) atoms. The monoisotopic (exact) mass is 303 g/mol. The highest BCUT2D eigenvalue weighted by Gasteiger charge is 2.27. The van der Waals surface area contributed by atoms with Crippen LogP contribution in [-0.2, 0) is 0 Å². The van der Waals surface area contributed by atoms with E-state index < -0.39 is 0 Å². The van der Waals surface area contributed by atoms with Crippen LogP contribution in [0.4, 0.5) is 14.9 Å². The molecule has 2 heterocycles. The number of carbonyl (C=O) groups is 1. The maximum Gasteiger partial charge on any atom is 0.321 e. The van der Waals surface area contributed by atoms with E-state index in [2.05, 4.69) is 22.4 Å². The molecular formula is C17H22FN3O. The smallest absolute Gasteiger partial charge is 0.321 e. The van der Waals surface area contributed by atoms with Crippen molar-refractivity contribution in [3.8, 4) is 0 Å². The summed E-state index contributed by atoms with van der Waals surface area (Å²) in [5, 5.41) is 2.72. The van der Waals surface area contributed by atoms with Crippen molar-refractivity contribution in [3.63, 3.8) is 0 Å². The molecular weight excluding hydrogens is 281 g/mol. The molecule has 2 aliphatic heterocycles. The molecule has 118 valence electrons. The van der Waals surface area contributed by atoms with Crippen LogP contribution in [0.5, 0.6) is 0 Å². The molecule has 2 amide bonds. The van der Waals surface area contributed by atoms with Crippen molar-refractivity contribution in [1.29, 1.82) is 0 Å². The molecule has 1 aromatic carbocycles. The Morgan fingerprint density at radius 3 is 2.55 bits per heavy atom. The van der Waals surface area contributed by atoms with Crippen LogP contribution in [0.25, 0.3) is 0 Å². The van der Waals surface area contributed by atoms with Crippen molar-refractivity contribution in [2.75, 3.05) is 31.5 Å². The van der Waals surface area contributed by atoms with Gasteiger partial charge in [-0.25, -0.2) is 9.18 Å². The van der Waals surface area contributed by atoms with Gasteiger partial charge in [0.2, 0.25) is 0 Å². The Morgan fingerprint density at radius 2 is 1.91 bits per heavy atom. The van der Waals surface area contributed by atoms with Crippen LogP contribution in [0.2, 0.25) is 0 Å². The van der Waals surface area contributed by atoms with E-state index in [9.17, 15) is 9.18 Å². The summed E-state index contributed by atoms with van der Waals surface area (Å²) in [7, 11) is 0. The molecule has 0 radical (unpaired) electrons. The van der Waals surface area contributed by atoms with Gasteiger partial charge in [-0.05, 0) is 31.4 Å². The van der Waals surface area contributed by atoms with Crippen LogP contribution in [0.3, 0.4) is 0 Å². The zero-order chi connectivity index (χ0) is 15.5. The highest BCUT2D eigenvalue weighted by Crippen LogP contribution is 2.22. The first-order valence-electron chi connectivity index (χ1n) is 7.85. The quantitative estimate of drug-likeness (QED) is 0.853. The number of urea groups is 1. The minimum atomic E-state index is -0.383. The van der Waals surface area contributed by atoms with Gasteiger partial charge in [-0.2, -0.15) is 0 Å². The number of rotatable bonds is 2. The number of piperidine rings is 1. The predicted octanol–water partition coefficient (Wildman–Crippen LogP) is 3.00. The molecule has 3 rings (SSSR count). The number of aryl methyl sites for hydroxylation is 1. The number of anilines is 1. The number of hydrogen-bond donors (Lipinski definition) is 1. The fraction of sp³-hybridized carbons (Fsp3) is 0.471. The minimum Gasteiger partial charge on any atom is -0.324 e. The summed E-state index contributed by atoms with van der Waals surface area (Å²) in [5.74, 6) is -0.383. The van der Waals surface area contributed by atoms with Crippen molar-refractivity contribution in [2.24, 2.45) is 0 Å². The molecule has 5 heteroatoms. The van der Waals surface area contributed by atoms with Gasteiger partial charge in [0.1, 0.15) is 5.82 Å². The standard InChI is InChI=1S/C17H22FN3O/c1-13-5-4-6-15(18)16(13)19-17(22)21-11-7-14(8-12-21)20-9-2-3-10-20/h2-6,14H,7-12H2,1H3,(H,19,22). The molecule has 0 aromatic heterocycles. The number of amides is 2. The molecule has 2 aliphatic rings. The number of halogens is 1. The number of nitrogens with zero attached hydrogens (tertiary/aromatic N) is 2. The Labute approximate surface area is 130 Å². The van der Waals surface area contributed by atoms with Crippen LogP contribution in [0, 0.1) is 12.7 Å². The zero-order valence-electron chi connectivity index (χ0n) is 12.9. The average molecular weight is 303 g/mol. The van der Waals surface area contributed by atoms with Gasteiger partial charge in [0.25, 0.3) is 0 Å². The van der Waals surface area contributed by atoms with Crippen LogP contribution >= 0.6 is 0 Å². The molecule has 0 unspecified atom stereocenters. The number of likely N-dealkylation sites (tertiary alicyclic amines) is 1. The topological polar surface area (TPSA) is 35.6 Å². The van der Waals surface area contributed by atoms with E-state index in [1.165, 1.54) is 6.07 Å². The first-order chi connectivity index (χ1) is 10.6. The maximum absolute atomic E-state index is 13.8. The summed E-state index contributed by atoms with van der Waals surface area (Å²) in [6, 6.07) is 5.16. The second-order valence-electron chi connectivity index (χ2n) is 6.01. The second-order valence-corrected chi connectivity index (χ2v) is 6.01. The van der Waals surface area contributed by atoms with Crippen LogP contribution in [-0.4, -0.2) is 48.1 Å². The number of benzene rings is 1. The normalized spacial score (nSPS) is 19.6. The Morgan fingerprint density at radius 1 is 1.23 bits per heavy atom. The Bertz CT molecular complexity index is 551. The van der Waals surface area contributed by atoms with Crippen molar-refractivity contribution in [3.05, 3.63) is 41.7 Å². The Kier molecular flexibility index (Phi) is 4.43. The van der Waals surface area contributed by atoms with Gasteiger partial charge in [-0.3, -0.25) is 4.90 Å². The summed E-state index contributed by atoms with van der Waals surface area (Å²) >= 11 is 0. The van der Waals surface area contributed by atoms with E-state index in [-0.39, 0.29) is 11.8 Å². The third-order valence-electron chi connectivity index (χ3n) is 4.57. The number of nitrogens with one attached hydrogen (secondary N) is 1. The summed E-state index contributed by atoms with van der Waals surface area (Å²) in [6.45, 7) is 5.28. The van der Waals surface area contributed by atoms with E-state index in [4.69, 9.17) is 0 Å². The molecule has 1 N–H and O–H groups in total. The lowest BCUT2D eigenvalue weighted by Gasteiger charge is -2.36. The molecule has 1 saturated heterocycles. The van der Waals surface area contributed by atoms with Gasteiger partial charge in [0, 0.05) is 32.2 Å². The zero-order valence-corrected chi connectivity index (χ0v) is 12.9. The van der Waals surface area contributed by atoms with E-state index >= 15 is 0 Å². The lowest BCUT2D eigenvalue weighted by molar-refractivity contribution is 0.144. The van der Waals surface area contributed by atoms with E-state index in [0.717, 1.165) is 44.6 Å². The third kappa shape index (κ3) is 3.14. The Balaban J connectivity index is 1.56. The lowest BCUT2D eigenvalue weighted by Crippen LogP contribution is -2.47. The molecule has 4 nitrogen and oxygen atoms in total. The second kappa shape index (κ2) is 6.48. The lowest BCUT2D eigenvalue weighted by atomic mass is 10.0.